The molecule has 2 aliphatic heterocycles. The molecule has 2 aliphatic rings. The van der Waals surface area contributed by atoms with Crippen LogP contribution >= 0.6 is 0 Å². The summed E-state index contributed by atoms with van der Waals surface area (Å²) in [5.41, 5.74) is 4.84. The number of aryl methyl sites for hydroxylation is 1. The van der Waals surface area contributed by atoms with Crippen LogP contribution < -0.4 is 19.5 Å². The first kappa shape index (κ1) is 27.1. The predicted octanol–water partition coefficient (Wildman–Crippen LogP) is 5.66. The Morgan fingerprint density at radius 2 is 1.77 bits per heavy atom. The number of ether oxygens (including phenoxy) is 3. The molecule has 0 aliphatic carbocycles. The SMILES string of the molecule is COc1cc([C@H]2Oc3ccc4c5c(cn4S(=O)(=O)c4ccc(C)cc4)CCNC(=O)[C@H]2c35)ccc1OCc1ccccc1. The Morgan fingerprint density at radius 1 is 0.977 bits per heavy atom. The number of benzene rings is 4. The predicted molar refractivity (Wildman–Crippen MR) is 162 cm³/mol. The van der Waals surface area contributed by atoms with Gasteiger partial charge in [0.2, 0.25) is 5.91 Å². The van der Waals surface area contributed by atoms with Gasteiger partial charge in [0.15, 0.2) is 11.5 Å². The minimum Gasteiger partial charge on any atom is -0.493 e. The third-order valence-electron chi connectivity index (χ3n) is 8.19. The van der Waals surface area contributed by atoms with Crippen molar-refractivity contribution in [1.82, 2.24) is 9.29 Å². The molecule has 3 heterocycles. The van der Waals surface area contributed by atoms with E-state index in [1.54, 1.807) is 49.7 Å². The Morgan fingerprint density at radius 3 is 2.53 bits per heavy atom. The Bertz CT molecular complexity index is 1970. The third kappa shape index (κ3) is 4.60. The van der Waals surface area contributed by atoms with Crippen molar-refractivity contribution in [3.05, 3.63) is 119 Å². The van der Waals surface area contributed by atoms with E-state index in [0.29, 0.717) is 47.9 Å². The lowest BCUT2D eigenvalue weighted by Crippen LogP contribution is -2.34. The summed E-state index contributed by atoms with van der Waals surface area (Å²) in [6.07, 6.45) is 1.54. The lowest BCUT2D eigenvalue weighted by Gasteiger charge is -2.22. The topological polar surface area (TPSA) is 95.9 Å². The molecule has 4 aromatic carbocycles. The highest BCUT2D eigenvalue weighted by atomic mass is 32.2. The number of rotatable bonds is 7. The molecule has 5 aromatic rings. The van der Waals surface area contributed by atoms with E-state index < -0.39 is 22.0 Å². The Kier molecular flexibility index (Phi) is 6.62. The van der Waals surface area contributed by atoms with Gasteiger partial charge in [-0.05, 0) is 66.4 Å². The van der Waals surface area contributed by atoms with Crippen molar-refractivity contribution in [2.45, 2.75) is 36.9 Å². The van der Waals surface area contributed by atoms with Gasteiger partial charge in [0.1, 0.15) is 24.4 Å². The maximum absolute atomic E-state index is 13.8. The van der Waals surface area contributed by atoms with Gasteiger partial charge in [-0.2, -0.15) is 0 Å². The quantitative estimate of drug-likeness (QED) is 0.261. The second-order valence-electron chi connectivity index (χ2n) is 10.9. The molecule has 1 aromatic heterocycles. The summed E-state index contributed by atoms with van der Waals surface area (Å²) in [6, 6.07) is 25.8. The van der Waals surface area contributed by atoms with Crippen molar-refractivity contribution in [3.63, 3.8) is 0 Å². The Balaban J connectivity index is 1.29. The average molecular weight is 595 g/mol. The van der Waals surface area contributed by atoms with Crippen LogP contribution in [-0.4, -0.2) is 32.0 Å². The zero-order valence-electron chi connectivity index (χ0n) is 23.7. The van der Waals surface area contributed by atoms with Crippen LogP contribution in [0.2, 0.25) is 0 Å². The molecule has 43 heavy (non-hydrogen) atoms. The van der Waals surface area contributed by atoms with E-state index >= 15 is 0 Å². The Labute approximate surface area is 249 Å². The number of amides is 1. The second-order valence-corrected chi connectivity index (χ2v) is 12.7. The lowest BCUT2D eigenvalue weighted by molar-refractivity contribution is -0.124. The lowest BCUT2D eigenvalue weighted by atomic mass is 9.86. The molecule has 0 saturated heterocycles. The average Bonchev–Trinajstić information content (AvgIpc) is 3.59. The van der Waals surface area contributed by atoms with E-state index in [2.05, 4.69) is 5.32 Å². The fraction of sp³-hybridized carbons (Fsp3) is 0.206. The van der Waals surface area contributed by atoms with Crippen molar-refractivity contribution in [2.75, 3.05) is 13.7 Å². The van der Waals surface area contributed by atoms with Crippen molar-refractivity contribution >= 4 is 26.8 Å². The van der Waals surface area contributed by atoms with Crippen LogP contribution in [0.3, 0.4) is 0 Å². The number of hydrogen-bond acceptors (Lipinski definition) is 6. The monoisotopic (exact) mass is 594 g/mol. The Hall–Kier alpha value is -4.76. The number of hydrogen-bond donors (Lipinski definition) is 1. The fourth-order valence-corrected chi connectivity index (χ4v) is 7.42. The van der Waals surface area contributed by atoms with Gasteiger partial charge < -0.3 is 19.5 Å². The third-order valence-corrected chi connectivity index (χ3v) is 9.88. The van der Waals surface area contributed by atoms with Gasteiger partial charge in [0, 0.05) is 23.7 Å². The van der Waals surface area contributed by atoms with E-state index in [1.165, 1.54) is 3.97 Å². The van der Waals surface area contributed by atoms with Gasteiger partial charge in [-0.25, -0.2) is 12.4 Å². The highest BCUT2D eigenvalue weighted by Gasteiger charge is 2.44. The van der Waals surface area contributed by atoms with Crippen molar-refractivity contribution in [3.8, 4) is 17.2 Å². The van der Waals surface area contributed by atoms with Gasteiger partial charge in [-0.1, -0.05) is 54.1 Å². The van der Waals surface area contributed by atoms with Crippen LogP contribution in [-0.2, 0) is 27.8 Å². The van der Waals surface area contributed by atoms with Crippen molar-refractivity contribution in [1.29, 1.82) is 0 Å². The zero-order valence-corrected chi connectivity index (χ0v) is 24.6. The number of aromatic nitrogens is 1. The minimum absolute atomic E-state index is 0.167. The number of nitrogens with one attached hydrogen (secondary N) is 1. The van der Waals surface area contributed by atoms with Crippen LogP contribution in [0, 0.1) is 6.92 Å². The molecule has 1 N–H and O–H groups in total. The van der Waals surface area contributed by atoms with Crippen molar-refractivity contribution < 1.29 is 27.4 Å². The molecule has 218 valence electrons. The summed E-state index contributed by atoms with van der Waals surface area (Å²) in [5, 5.41) is 3.79. The normalized spacial score (nSPS) is 17.6. The molecule has 8 nitrogen and oxygen atoms in total. The molecular weight excluding hydrogens is 564 g/mol. The highest BCUT2D eigenvalue weighted by Crippen LogP contribution is 2.52. The molecular formula is C34H30N2O6S. The molecule has 0 bridgehead atoms. The molecule has 2 atom stereocenters. The maximum atomic E-state index is 13.8. The van der Waals surface area contributed by atoms with Gasteiger partial charge in [-0.3, -0.25) is 4.79 Å². The van der Waals surface area contributed by atoms with Crippen LogP contribution in [0.25, 0.3) is 10.9 Å². The largest absolute Gasteiger partial charge is 0.493 e. The van der Waals surface area contributed by atoms with E-state index in [0.717, 1.165) is 27.6 Å². The van der Waals surface area contributed by atoms with E-state index in [1.807, 2.05) is 55.5 Å². The summed E-state index contributed by atoms with van der Waals surface area (Å²) >= 11 is 0. The van der Waals surface area contributed by atoms with Gasteiger partial charge in [0.05, 0.1) is 17.5 Å². The first-order chi connectivity index (χ1) is 20.8. The molecule has 0 radical (unpaired) electrons. The molecule has 0 fully saturated rings. The molecule has 0 unspecified atom stereocenters. The summed E-state index contributed by atoms with van der Waals surface area (Å²) < 4.78 is 47.1. The highest BCUT2D eigenvalue weighted by molar-refractivity contribution is 7.90. The first-order valence-electron chi connectivity index (χ1n) is 14.1. The molecule has 9 heteroatoms. The molecule has 0 spiro atoms. The van der Waals surface area contributed by atoms with E-state index in [9.17, 15) is 13.2 Å². The minimum atomic E-state index is -3.87. The van der Waals surface area contributed by atoms with Crippen LogP contribution in [0.1, 0.15) is 39.8 Å². The van der Waals surface area contributed by atoms with Gasteiger partial charge in [-0.15, -0.1) is 0 Å². The number of nitrogens with zero attached hydrogens (tertiary/aromatic N) is 1. The number of methoxy groups -OCH3 is 1. The van der Waals surface area contributed by atoms with Crippen LogP contribution in [0.5, 0.6) is 17.2 Å². The first-order valence-corrected chi connectivity index (χ1v) is 15.6. The summed E-state index contributed by atoms with van der Waals surface area (Å²) in [6.45, 7) is 2.68. The standard InChI is InChI=1S/C34H30N2O6S/c1-21-8-11-25(12-9-21)43(38,39)36-19-24-16-17-35-34(37)32-31-28(15-13-26(36)30(24)31)42-33(32)23-10-14-27(29(18-23)40-2)41-20-22-6-4-3-5-7-22/h3-15,18-19,32-33H,16-17,20H2,1-2H3,(H,35,37)/t32-,33+/m0/s1. The van der Waals surface area contributed by atoms with Crippen LogP contribution in [0.15, 0.2) is 96.0 Å². The fourth-order valence-electron chi connectivity index (χ4n) is 6.04. The second kappa shape index (κ2) is 10.5. The number of carbonyl (C=O) groups is 1. The summed E-state index contributed by atoms with van der Waals surface area (Å²) in [7, 11) is -2.30. The van der Waals surface area contributed by atoms with Crippen LogP contribution in [0.4, 0.5) is 0 Å². The zero-order chi connectivity index (χ0) is 29.7. The molecule has 0 saturated carbocycles. The smallest absolute Gasteiger partial charge is 0.268 e. The summed E-state index contributed by atoms with van der Waals surface area (Å²) in [5.74, 6) is 0.821. The van der Waals surface area contributed by atoms with Gasteiger partial charge >= 0.3 is 0 Å². The molecule has 1 amide bonds. The van der Waals surface area contributed by atoms with E-state index in [4.69, 9.17) is 14.2 Å². The summed E-state index contributed by atoms with van der Waals surface area (Å²) in [4.78, 5) is 13.8. The van der Waals surface area contributed by atoms with Crippen molar-refractivity contribution in [2.24, 2.45) is 0 Å². The van der Waals surface area contributed by atoms with Gasteiger partial charge in [0.25, 0.3) is 10.0 Å². The molecule has 7 rings (SSSR count). The number of carbonyl (C=O) groups excluding carboxylic acids is 1. The maximum Gasteiger partial charge on any atom is 0.268 e. The van der Waals surface area contributed by atoms with E-state index in [-0.39, 0.29) is 10.8 Å².